The van der Waals surface area contributed by atoms with Crippen molar-refractivity contribution in [2.75, 3.05) is 7.11 Å². The standard InChI is InChI=1S/C20H15NO3S/c1-24-20-12-11-15(18-9-5-6-10-19(18)20)13-17(14-21)25(22,23)16-7-3-2-4-8-16/h2-13H,1H3. The van der Waals surface area contributed by atoms with Crippen LogP contribution >= 0.6 is 0 Å². The maximum absolute atomic E-state index is 12.7. The van der Waals surface area contributed by atoms with Gasteiger partial charge in [0, 0.05) is 5.39 Å². The molecule has 4 nitrogen and oxygen atoms in total. The Balaban J connectivity index is 2.20. The minimum Gasteiger partial charge on any atom is -0.496 e. The molecule has 0 aromatic heterocycles. The van der Waals surface area contributed by atoms with E-state index in [-0.39, 0.29) is 9.80 Å². The van der Waals surface area contributed by atoms with Gasteiger partial charge in [0.05, 0.1) is 12.0 Å². The second kappa shape index (κ2) is 6.80. The molecule has 0 N–H and O–H groups in total. The van der Waals surface area contributed by atoms with Gasteiger partial charge in [0.2, 0.25) is 9.84 Å². The molecule has 0 bridgehead atoms. The third-order valence-electron chi connectivity index (χ3n) is 3.88. The zero-order valence-corrected chi connectivity index (χ0v) is 14.3. The molecular weight excluding hydrogens is 334 g/mol. The molecule has 0 aliphatic heterocycles. The van der Waals surface area contributed by atoms with Crippen molar-refractivity contribution in [2.45, 2.75) is 4.90 Å². The average molecular weight is 349 g/mol. The fraction of sp³-hybridized carbons (Fsp3) is 0.0500. The van der Waals surface area contributed by atoms with Gasteiger partial charge in [0.15, 0.2) is 0 Å². The van der Waals surface area contributed by atoms with Crippen LogP contribution in [0.4, 0.5) is 0 Å². The van der Waals surface area contributed by atoms with Gasteiger partial charge >= 0.3 is 0 Å². The number of fused-ring (bicyclic) bond motifs is 1. The molecule has 0 atom stereocenters. The summed E-state index contributed by atoms with van der Waals surface area (Å²) in [4.78, 5) is -0.199. The van der Waals surface area contributed by atoms with Gasteiger partial charge in [-0.15, -0.1) is 0 Å². The topological polar surface area (TPSA) is 67.2 Å². The van der Waals surface area contributed by atoms with E-state index in [1.807, 2.05) is 30.3 Å². The Hall–Kier alpha value is -3.10. The highest BCUT2D eigenvalue weighted by molar-refractivity contribution is 7.95. The number of ether oxygens (including phenoxy) is 1. The number of sulfone groups is 1. The van der Waals surface area contributed by atoms with E-state index in [9.17, 15) is 13.7 Å². The molecule has 0 aliphatic carbocycles. The minimum absolute atomic E-state index is 0.0978. The highest BCUT2D eigenvalue weighted by Crippen LogP contribution is 2.30. The van der Waals surface area contributed by atoms with E-state index in [1.165, 1.54) is 18.2 Å². The summed E-state index contributed by atoms with van der Waals surface area (Å²) < 4.78 is 30.8. The molecule has 5 heteroatoms. The number of nitrogens with zero attached hydrogens (tertiary/aromatic N) is 1. The van der Waals surface area contributed by atoms with Gasteiger partial charge in [-0.25, -0.2) is 8.42 Å². The Morgan fingerprint density at radius 1 is 0.960 bits per heavy atom. The fourth-order valence-electron chi connectivity index (χ4n) is 2.64. The second-order valence-electron chi connectivity index (χ2n) is 5.34. The van der Waals surface area contributed by atoms with E-state index in [0.29, 0.717) is 11.3 Å². The average Bonchev–Trinajstić information content (AvgIpc) is 2.66. The molecule has 3 aromatic rings. The molecule has 124 valence electrons. The molecule has 0 fully saturated rings. The summed E-state index contributed by atoms with van der Waals surface area (Å²) in [5.74, 6) is 0.692. The van der Waals surface area contributed by atoms with Crippen molar-refractivity contribution in [1.29, 1.82) is 5.26 Å². The van der Waals surface area contributed by atoms with Crippen molar-refractivity contribution in [3.05, 3.63) is 77.2 Å². The van der Waals surface area contributed by atoms with E-state index in [2.05, 4.69) is 0 Å². The van der Waals surface area contributed by atoms with Gasteiger partial charge in [-0.2, -0.15) is 5.26 Å². The minimum atomic E-state index is -3.86. The van der Waals surface area contributed by atoms with E-state index in [1.54, 1.807) is 37.4 Å². The summed E-state index contributed by atoms with van der Waals surface area (Å²) in [6.07, 6.45) is 1.41. The smallest absolute Gasteiger partial charge is 0.216 e. The van der Waals surface area contributed by atoms with Crippen molar-refractivity contribution in [2.24, 2.45) is 0 Å². The van der Waals surface area contributed by atoms with Crippen molar-refractivity contribution in [3.63, 3.8) is 0 Å². The largest absolute Gasteiger partial charge is 0.496 e. The number of hydrogen-bond donors (Lipinski definition) is 0. The molecule has 0 saturated carbocycles. The third kappa shape index (κ3) is 3.12. The molecule has 0 unspecified atom stereocenters. The maximum Gasteiger partial charge on any atom is 0.216 e. The van der Waals surface area contributed by atoms with Crippen LogP contribution in [-0.4, -0.2) is 15.5 Å². The second-order valence-corrected chi connectivity index (χ2v) is 7.26. The van der Waals surface area contributed by atoms with E-state index in [4.69, 9.17) is 4.74 Å². The third-order valence-corrected chi connectivity index (χ3v) is 5.56. The van der Waals surface area contributed by atoms with E-state index >= 15 is 0 Å². The van der Waals surface area contributed by atoms with Crippen molar-refractivity contribution in [1.82, 2.24) is 0 Å². The van der Waals surface area contributed by atoms with Gasteiger partial charge in [0.25, 0.3) is 0 Å². The van der Waals surface area contributed by atoms with E-state index < -0.39 is 9.84 Å². The van der Waals surface area contributed by atoms with E-state index in [0.717, 1.165) is 10.8 Å². The van der Waals surface area contributed by atoms with Gasteiger partial charge in [-0.3, -0.25) is 0 Å². The fourth-order valence-corrected chi connectivity index (χ4v) is 3.81. The molecule has 25 heavy (non-hydrogen) atoms. The summed E-state index contributed by atoms with van der Waals surface area (Å²) in [7, 11) is -2.28. The van der Waals surface area contributed by atoms with Crippen molar-refractivity contribution >= 4 is 26.7 Å². The number of rotatable bonds is 4. The molecule has 0 heterocycles. The van der Waals surface area contributed by atoms with Crippen LogP contribution in [0, 0.1) is 11.3 Å². The van der Waals surface area contributed by atoms with Crippen LogP contribution in [0.3, 0.4) is 0 Å². The lowest BCUT2D eigenvalue weighted by Crippen LogP contribution is -2.03. The van der Waals surface area contributed by atoms with Gasteiger partial charge in [-0.05, 0) is 35.2 Å². The molecule has 3 rings (SSSR count). The SMILES string of the molecule is COc1ccc(C=C(C#N)S(=O)(=O)c2ccccc2)c2ccccc12. The Bertz CT molecular complexity index is 1090. The lowest BCUT2D eigenvalue weighted by Gasteiger charge is -2.09. The molecule has 3 aromatic carbocycles. The quantitative estimate of drug-likeness (QED) is 0.663. The molecular formula is C20H15NO3S. The first kappa shape index (κ1) is 16.7. The van der Waals surface area contributed by atoms with Crippen molar-refractivity contribution in [3.8, 4) is 11.8 Å². The van der Waals surface area contributed by atoms with Crippen LogP contribution < -0.4 is 4.74 Å². The maximum atomic E-state index is 12.7. The Kier molecular flexibility index (Phi) is 4.55. The van der Waals surface area contributed by atoms with Gasteiger partial charge in [-0.1, -0.05) is 48.5 Å². The van der Waals surface area contributed by atoms with Crippen LogP contribution in [0.25, 0.3) is 16.8 Å². The summed E-state index contributed by atoms with van der Waals surface area (Å²) in [5.41, 5.74) is 0.646. The van der Waals surface area contributed by atoms with Crippen LogP contribution in [-0.2, 0) is 9.84 Å². The number of allylic oxidation sites excluding steroid dienone is 1. The number of nitriles is 1. The monoisotopic (exact) mass is 349 g/mol. The number of benzene rings is 3. The zero-order chi connectivity index (χ0) is 17.9. The predicted octanol–water partition coefficient (Wildman–Crippen LogP) is 4.19. The number of methoxy groups -OCH3 is 1. The van der Waals surface area contributed by atoms with Crippen LogP contribution in [0.15, 0.2) is 76.5 Å². The van der Waals surface area contributed by atoms with Gasteiger partial charge < -0.3 is 4.74 Å². The van der Waals surface area contributed by atoms with Crippen molar-refractivity contribution < 1.29 is 13.2 Å². The van der Waals surface area contributed by atoms with Crippen LogP contribution in [0.5, 0.6) is 5.75 Å². The summed E-state index contributed by atoms with van der Waals surface area (Å²) in [5, 5.41) is 11.1. The Morgan fingerprint density at radius 3 is 2.24 bits per heavy atom. The van der Waals surface area contributed by atoms with Crippen LogP contribution in [0.1, 0.15) is 5.56 Å². The summed E-state index contributed by atoms with van der Waals surface area (Å²) >= 11 is 0. The first-order valence-corrected chi connectivity index (χ1v) is 9.04. The first-order chi connectivity index (χ1) is 12.1. The number of hydrogen-bond acceptors (Lipinski definition) is 4. The Labute approximate surface area is 146 Å². The van der Waals surface area contributed by atoms with Gasteiger partial charge in [0.1, 0.15) is 16.7 Å². The highest BCUT2D eigenvalue weighted by atomic mass is 32.2. The molecule has 0 spiro atoms. The summed E-state index contributed by atoms with van der Waals surface area (Å²) in [6, 6.07) is 20.8. The summed E-state index contributed by atoms with van der Waals surface area (Å²) in [6.45, 7) is 0. The van der Waals surface area contributed by atoms with Crippen LogP contribution in [0.2, 0.25) is 0 Å². The molecule has 0 amide bonds. The predicted molar refractivity (Wildman–Crippen MR) is 97.7 cm³/mol. The molecule has 0 radical (unpaired) electrons. The normalized spacial score (nSPS) is 11.9. The first-order valence-electron chi connectivity index (χ1n) is 7.55. The molecule has 0 aliphatic rings. The Morgan fingerprint density at radius 2 is 1.60 bits per heavy atom. The molecule has 0 saturated heterocycles. The lowest BCUT2D eigenvalue weighted by molar-refractivity contribution is 0.420. The lowest BCUT2D eigenvalue weighted by atomic mass is 10.0. The highest BCUT2D eigenvalue weighted by Gasteiger charge is 2.20. The zero-order valence-electron chi connectivity index (χ0n) is 13.5.